The summed E-state index contributed by atoms with van der Waals surface area (Å²) in [4.78, 5) is 18.2. The Morgan fingerprint density at radius 1 is 1.28 bits per heavy atom. The Labute approximate surface area is 148 Å². The van der Waals surface area contributed by atoms with E-state index in [-0.39, 0.29) is 25.2 Å². The second-order valence-corrected chi connectivity index (χ2v) is 7.25. The SMILES string of the molecule is COc1nc(CO)c(CO)cc1C1CCN(C(=O)OC(C)(C)C)CC1. The van der Waals surface area contributed by atoms with Crippen LogP contribution in [0.5, 0.6) is 5.88 Å². The summed E-state index contributed by atoms with van der Waals surface area (Å²) in [5.41, 5.74) is 1.44. The Morgan fingerprint density at radius 2 is 1.92 bits per heavy atom. The molecular formula is C18H28N2O5. The second-order valence-electron chi connectivity index (χ2n) is 7.25. The number of carbonyl (C=O) groups is 1. The third kappa shape index (κ3) is 4.83. The van der Waals surface area contributed by atoms with Crippen molar-refractivity contribution in [3.63, 3.8) is 0 Å². The van der Waals surface area contributed by atoms with Crippen LogP contribution in [-0.4, -0.2) is 52.0 Å². The van der Waals surface area contributed by atoms with Gasteiger partial charge in [0.2, 0.25) is 5.88 Å². The van der Waals surface area contributed by atoms with Gasteiger partial charge in [0.25, 0.3) is 0 Å². The van der Waals surface area contributed by atoms with Crippen molar-refractivity contribution >= 4 is 6.09 Å². The van der Waals surface area contributed by atoms with Crippen molar-refractivity contribution in [3.05, 3.63) is 22.9 Å². The number of aliphatic hydroxyl groups is 2. The number of hydrogen-bond donors (Lipinski definition) is 2. The van der Waals surface area contributed by atoms with Crippen LogP contribution in [0.15, 0.2) is 6.07 Å². The van der Waals surface area contributed by atoms with Gasteiger partial charge in [-0.05, 0) is 45.6 Å². The predicted octanol–water partition coefficient (Wildman–Crippen LogP) is 2.19. The molecule has 25 heavy (non-hydrogen) atoms. The fraction of sp³-hybridized carbons (Fsp3) is 0.667. The van der Waals surface area contributed by atoms with Gasteiger partial charge in [-0.15, -0.1) is 0 Å². The lowest BCUT2D eigenvalue weighted by Crippen LogP contribution is -2.41. The number of likely N-dealkylation sites (tertiary alicyclic amines) is 1. The maximum atomic E-state index is 12.2. The van der Waals surface area contributed by atoms with E-state index in [0.29, 0.717) is 30.2 Å². The fourth-order valence-electron chi connectivity index (χ4n) is 3.02. The van der Waals surface area contributed by atoms with Gasteiger partial charge in [0.15, 0.2) is 0 Å². The van der Waals surface area contributed by atoms with Gasteiger partial charge in [-0.25, -0.2) is 9.78 Å². The van der Waals surface area contributed by atoms with E-state index in [2.05, 4.69) is 4.98 Å². The molecule has 0 spiro atoms. The molecule has 7 heteroatoms. The van der Waals surface area contributed by atoms with E-state index in [1.165, 1.54) is 0 Å². The minimum atomic E-state index is -0.503. The lowest BCUT2D eigenvalue weighted by atomic mass is 9.89. The van der Waals surface area contributed by atoms with Crippen molar-refractivity contribution in [2.75, 3.05) is 20.2 Å². The van der Waals surface area contributed by atoms with Crippen LogP contribution >= 0.6 is 0 Å². The Balaban J connectivity index is 2.11. The van der Waals surface area contributed by atoms with Gasteiger partial charge in [-0.3, -0.25) is 0 Å². The van der Waals surface area contributed by atoms with Gasteiger partial charge < -0.3 is 24.6 Å². The number of piperidine rings is 1. The summed E-state index contributed by atoms with van der Waals surface area (Å²) in [7, 11) is 1.54. The zero-order valence-electron chi connectivity index (χ0n) is 15.4. The van der Waals surface area contributed by atoms with E-state index in [0.717, 1.165) is 18.4 Å². The normalized spacial score (nSPS) is 16.0. The first-order valence-electron chi connectivity index (χ1n) is 8.55. The molecule has 1 aliphatic rings. The molecule has 0 aliphatic carbocycles. The molecule has 0 radical (unpaired) electrons. The topological polar surface area (TPSA) is 92.1 Å². The average molecular weight is 352 g/mol. The maximum Gasteiger partial charge on any atom is 0.410 e. The minimum absolute atomic E-state index is 0.180. The summed E-state index contributed by atoms with van der Waals surface area (Å²) in [5, 5.41) is 18.9. The summed E-state index contributed by atoms with van der Waals surface area (Å²) in [6.07, 6.45) is 1.24. The van der Waals surface area contributed by atoms with E-state index in [1.54, 1.807) is 12.0 Å². The number of pyridine rings is 1. The van der Waals surface area contributed by atoms with Crippen LogP contribution in [0.1, 0.15) is 56.4 Å². The number of hydrogen-bond acceptors (Lipinski definition) is 6. The van der Waals surface area contributed by atoms with Gasteiger partial charge in [0.1, 0.15) is 5.60 Å². The third-order valence-corrected chi connectivity index (χ3v) is 4.28. The monoisotopic (exact) mass is 352 g/mol. The summed E-state index contributed by atoms with van der Waals surface area (Å²) in [6, 6.07) is 1.85. The highest BCUT2D eigenvalue weighted by atomic mass is 16.6. The van der Waals surface area contributed by atoms with Crippen molar-refractivity contribution < 1.29 is 24.5 Å². The minimum Gasteiger partial charge on any atom is -0.481 e. The van der Waals surface area contributed by atoms with Crippen molar-refractivity contribution in [1.29, 1.82) is 0 Å². The smallest absolute Gasteiger partial charge is 0.410 e. The highest BCUT2D eigenvalue weighted by Crippen LogP contribution is 2.35. The lowest BCUT2D eigenvalue weighted by Gasteiger charge is -2.34. The first-order valence-corrected chi connectivity index (χ1v) is 8.55. The summed E-state index contributed by atoms with van der Waals surface area (Å²) >= 11 is 0. The molecule has 0 aromatic carbocycles. The molecule has 0 atom stereocenters. The van der Waals surface area contributed by atoms with Crippen LogP contribution in [0, 0.1) is 0 Å². The van der Waals surface area contributed by atoms with Gasteiger partial charge in [0.05, 0.1) is 26.0 Å². The Hall–Kier alpha value is -1.86. The molecule has 1 amide bonds. The van der Waals surface area contributed by atoms with E-state index in [1.807, 2.05) is 26.8 Å². The van der Waals surface area contributed by atoms with Crippen LogP contribution in [0.3, 0.4) is 0 Å². The van der Waals surface area contributed by atoms with Crippen molar-refractivity contribution in [3.8, 4) is 5.88 Å². The van der Waals surface area contributed by atoms with Gasteiger partial charge in [-0.1, -0.05) is 0 Å². The molecule has 1 aliphatic heterocycles. The summed E-state index contributed by atoms with van der Waals surface area (Å²) < 4.78 is 10.8. The van der Waals surface area contributed by atoms with E-state index < -0.39 is 5.60 Å². The maximum absolute atomic E-state index is 12.2. The third-order valence-electron chi connectivity index (χ3n) is 4.28. The molecule has 2 heterocycles. The van der Waals surface area contributed by atoms with Crippen LogP contribution in [0.25, 0.3) is 0 Å². The van der Waals surface area contributed by atoms with Crippen molar-refractivity contribution in [2.24, 2.45) is 0 Å². The highest BCUT2D eigenvalue weighted by Gasteiger charge is 2.29. The zero-order chi connectivity index (χ0) is 18.6. The van der Waals surface area contributed by atoms with E-state index >= 15 is 0 Å². The van der Waals surface area contributed by atoms with Crippen molar-refractivity contribution in [1.82, 2.24) is 9.88 Å². The largest absolute Gasteiger partial charge is 0.481 e. The molecule has 0 saturated carbocycles. The summed E-state index contributed by atoms with van der Waals surface area (Å²) in [5.74, 6) is 0.649. The fourth-order valence-corrected chi connectivity index (χ4v) is 3.02. The Kier molecular flexibility index (Phi) is 6.24. The van der Waals surface area contributed by atoms with Gasteiger partial charge >= 0.3 is 6.09 Å². The molecule has 0 unspecified atom stereocenters. The number of methoxy groups -OCH3 is 1. The van der Waals surface area contributed by atoms with E-state index in [9.17, 15) is 15.0 Å². The molecule has 7 nitrogen and oxygen atoms in total. The summed E-state index contributed by atoms with van der Waals surface area (Å²) in [6.45, 7) is 6.33. The van der Waals surface area contributed by atoms with Crippen LogP contribution < -0.4 is 4.74 Å². The molecule has 2 N–H and O–H groups in total. The van der Waals surface area contributed by atoms with Gasteiger partial charge in [-0.2, -0.15) is 0 Å². The number of nitrogens with zero attached hydrogens (tertiary/aromatic N) is 2. The molecule has 0 bridgehead atoms. The number of amides is 1. The number of ether oxygens (including phenoxy) is 2. The van der Waals surface area contributed by atoms with Crippen molar-refractivity contribution in [2.45, 2.75) is 58.3 Å². The lowest BCUT2D eigenvalue weighted by molar-refractivity contribution is 0.0204. The number of rotatable bonds is 4. The zero-order valence-corrected chi connectivity index (χ0v) is 15.4. The van der Waals surface area contributed by atoms with Crippen LogP contribution in [-0.2, 0) is 18.0 Å². The predicted molar refractivity (Wildman–Crippen MR) is 92.4 cm³/mol. The molecular weight excluding hydrogens is 324 g/mol. The second kappa shape index (κ2) is 8.01. The molecule has 1 aromatic heterocycles. The quantitative estimate of drug-likeness (QED) is 0.863. The Bertz CT molecular complexity index is 604. The molecule has 1 saturated heterocycles. The number of aromatic nitrogens is 1. The number of carbonyl (C=O) groups excluding carboxylic acids is 1. The van der Waals surface area contributed by atoms with Crippen LogP contribution in [0.4, 0.5) is 4.79 Å². The Morgan fingerprint density at radius 3 is 2.40 bits per heavy atom. The van der Waals surface area contributed by atoms with Crippen LogP contribution in [0.2, 0.25) is 0 Å². The number of aliphatic hydroxyl groups excluding tert-OH is 2. The molecule has 1 fully saturated rings. The highest BCUT2D eigenvalue weighted by molar-refractivity contribution is 5.68. The van der Waals surface area contributed by atoms with Gasteiger partial charge in [0, 0.05) is 24.2 Å². The molecule has 140 valence electrons. The molecule has 2 rings (SSSR count). The molecule has 1 aromatic rings. The first kappa shape index (κ1) is 19.5. The van der Waals surface area contributed by atoms with E-state index in [4.69, 9.17) is 9.47 Å². The first-order chi connectivity index (χ1) is 11.8. The standard InChI is InChI=1S/C18H28N2O5/c1-18(2,3)25-17(23)20-7-5-12(6-8-20)14-9-13(10-21)15(11-22)19-16(14)24-4/h9,12,21-22H,5-8,10-11H2,1-4H3. The average Bonchev–Trinajstić information content (AvgIpc) is 2.59.